The number of hydrogen-bond acceptors (Lipinski definition) is 4. The molecule has 0 radical (unpaired) electrons. The van der Waals surface area contributed by atoms with E-state index < -0.39 is 5.41 Å². The predicted octanol–water partition coefficient (Wildman–Crippen LogP) is 3.54. The Bertz CT molecular complexity index is 806. The first-order chi connectivity index (χ1) is 13.2. The number of amides is 3. The molecule has 2 saturated heterocycles. The van der Waals surface area contributed by atoms with E-state index in [-0.39, 0.29) is 36.5 Å². The number of imide groups is 1. The van der Waals surface area contributed by atoms with Gasteiger partial charge in [-0.15, -0.1) is 0 Å². The molecular weight excluding hydrogens is 403 g/mol. The van der Waals surface area contributed by atoms with Gasteiger partial charge in [-0.2, -0.15) is 0 Å². The number of likely N-dealkylation sites (tertiary alicyclic amines) is 1. The number of rotatable bonds is 5. The average Bonchev–Trinajstić information content (AvgIpc) is 2.94. The maximum absolute atomic E-state index is 12.6. The van der Waals surface area contributed by atoms with Crippen LogP contribution >= 0.6 is 23.2 Å². The molecule has 3 rings (SSSR count). The Morgan fingerprint density at radius 3 is 2.54 bits per heavy atom. The molecule has 28 heavy (non-hydrogen) atoms. The van der Waals surface area contributed by atoms with Crippen LogP contribution in [0.5, 0.6) is 5.75 Å². The van der Waals surface area contributed by atoms with E-state index in [4.69, 9.17) is 27.9 Å². The molecule has 3 amide bonds. The van der Waals surface area contributed by atoms with Gasteiger partial charge in [-0.3, -0.25) is 19.7 Å². The fourth-order valence-corrected chi connectivity index (χ4v) is 4.33. The van der Waals surface area contributed by atoms with Crippen LogP contribution in [0, 0.1) is 5.41 Å². The zero-order valence-corrected chi connectivity index (χ0v) is 17.5. The van der Waals surface area contributed by atoms with Gasteiger partial charge in [0.25, 0.3) is 0 Å². The monoisotopic (exact) mass is 426 g/mol. The molecule has 0 unspecified atom stereocenters. The number of halogens is 2. The van der Waals surface area contributed by atoms with Crippen molar-refractivity contribution < 1.29 is 19.1 Å². The van der Waals surface area contributed by atoms with Gasteiger partial charge in [0, 0.05) is 25.9 Å². The number of carbonyl (C=O) groups excluding carboxylic acids is 3. The highest BCUT2D eigenvalue weighted by molar-refractivity contribution is 6.43. The summed E-state index contributed by atoms with van der Waals surface area (Å²) in [5.41, 5.74) is 0.286. The normalized spacial score (nSPS) is 23.1. The molecule has 1 aromatic carbocycles. The molecule has 2 heterocycles. The lowest BCUT2D eigenvalue weighted by atomic mass is 9.83. The Labute approximate surface area is 174 Å². The Hall–Kier alpha value is -1.79. The second-order valence-electron chi connectivity index (χ2n) is 7.79. The average molecular weight is 427 g/mol. The van der Waals surface area contributed by atoms with E-state index in [2.05, 4.69) is 5.32 Å². The minimum Gasteiger partial charge on any atom is -0.495 e. The van der Waals surface area contributed by atoms with Crippen LogP contribution in [-0.4, -0.2) is 42.8 Å². The SMILES string of the molecule is COc1cc(C2CCN(C(=O)CC[C@@]3(C)CC(=O)NC3=O)CC2)cc(Cl)c1Cl. The molecule has 0 saturated carbocycles. The van der Waals surface area contributed by atoms with Gasteiger partial charge in [-0.05, 0) is 42.9 Å². The highest BCUT2D eigenvalue weighted by Crippen LogP contribution is 2.38. The first-order valence-electron chi connectivity index (χ1n) is 9.38. The van der Waals surface area contributed by atoms with E-state index >= 15 is 0 Å². The lowest BCUT2D eigenvalue weighted by molar-refractivity contribution is -0.133. The van der Waals surface area contributed by atoms with Gasteiger partial charge in [0.2, 0.25) is 17.7 Å². The Morgan fingerprint density at radius 1 is 1.29 bits per heavy atom. The topological polar surface area (TPSA) is 75.7 Å². The molecule has 2 aliphatic heterocycles. The van der Waals surface area contributed by atoms with Crippen LogP contribution in [0.25, 0.3) is 0 Å². The number of methoxy groups -OCH3 is 1. The van der Waals surface area contributed by atoms with Gasteiger partial charge >= 0.3 is 0 Å². The van der Waals surface area contributed by atoms with E-state index in [0.29, 0.717) is 35.3 Å². The number of carbonyl (C=O) groups is 3. The number of piperidine rings is 1. The van der Waals surface area contributed by atoms with E-state index in [0.717, 1.165) is 18.4 Å². The lowest BCUT2D eigenvalue weighted by Gasteiger charge is -2.33. The van der Waals surface area contributed by atoms with Crippen molar-refractivity contribution in [2.45, 2.75) is 44.9 Å². The van der Waals surface area contributed by atoms with E-state index in [9.17, 15) is 14.4 Å². The molecule has 1 atom stereocenters. The van der Waals surface area contributed by atoms with Crippen molar-refractivity contribution in [3.8, 4) is 5.75 Å². The van der Waals surface area contributed by atoms with Crippen LogP contribution < -0.4 is 10.1 Å². The number of benzene rings is 1. The molecule has 6 nitrogen and oxygen atoms in total. The standard InChI is InChI=1S/C20H24Cl2N2O4/c1-20(11-16(25)23-19(20)27)6-3-17(26)24-7-4-12(5-8-24)13-9-14(21)18(22)15(10-13)28-2/h9-10,12H,3-8,11H2,1-2H3,(H,23,25,27)/t20-/m0/s1. The van der Waals surface area contributed by atoms with Gasteiger partial charge in [0.05, 0.1) is 17.5 Å². The number of ether oxygens (including phenoxy) is 1. The summed E-state index contributed by atoms with van der Waals surface area (Å²) in [6, 6.07) is 3.78. The molecule has 2 fully saturated rings. The summed E-state index contributed by atoms with van der Waals surface area (Å²) >= 11 is 12.3. The smallest absolute Gasteiger partial charge is 0.233 e. The van der Waals surface area contributed by atoms with Crippen LogP contribution in [0.1, 0.15) is 50.5 Å². The summed E-state index contributed by atoms with van der Waals surface area (Å²) in [7, 11) is 1.56. The number of nitrogens with zero attached hydrogens (tertiary/aromatic N) is 1. The molecular formula is C20H24Cl2N2O4. The lowest BCUT2D eigenvalue weighted by Crippen LogP contribution is -2.39. The third-order valence-corrected chi connectivity index (χ3v) is 6.58. The Morgan fingerprint density at radius 2 is 1.96 bits per heavy atom. The van der Waals surface area contributed by atoms with Crippen LogP contribution in [0.2, 0.25) is 10.0 Å². The molecule has 0 aliphatic carbocycles. The van der Waals surface area contributed by atoms with Crippen molar-refractivity contribution >= 4 is 40.9 Å². The molecule has 0 aromatic heterocycles. The second-order valence-corrected chi connectivity index (χ2v) is 8.57. The predicted molar refractivity (Wildman–Crippen MR) is 107 cm³/mol. The molecule has 8 heteroatoms. The zero-order valence-electron chi connectivity index (χ0n) is 16.0. The summed E-state index contributed by atoms with van der Waals surface area (Å²) in [6.45, 7) is 3.03. The Kier molecular flexibility index (Phi) is 6.20. The number of hydrogen-bond donors (Lipinski definition) is 1. The van der Waals surface area contributed by atoms with Gasteiger partial charge in [0.1, 0.15) is 10.8 Å². The zero-order chi connectivity index (χ0) is 20.5. The van der Waals surface area contributed by atoms with E-state index in [1.54, 1.807) is 14.0 Å². The number of nitrogens with one attached hydrogen (secondary N) is 1. The minimum atomic E-state index is -0.776. The van der Waals surface area contributed by atoms with Crippen molar-refractivity contribution in [2.24, 2.45) is 5.41 Å². The third-order valence-electron chi connectivity index (χ3n) is 5.80. The van der Waals surface area contributed by atoms with Crippen molar-refractivity contribution in [3.05, 3.63) is 27.7 Å². The highest BCUT2D eigenvalue weighted by atomic mass is 35.5. The van der Waals surface area contributed by atoms with Crippen LogP contribution in [0.3, 0.4) is 0 Å². The second kappa shape index (κ2) is 8.29. The van der Waals surface area contributed by atoms with E-state index in [1.807, 2.05) is 17.0 Å². The van der Waals surface area contributed by atoms with Crippen LogP contribution in [0.15, 0.2) is 12.1 Å². The molecule has 152 valence electrons. The van der Waals surface area contributed by atoms with E-state index in [1.165, 1.54) is 0 Å². The summed E-state index contributed by atoms with van der Waals surface area (Å²) in [5.74, 6) is 0.317. The first kappa shape index (κ1) is 20.9. The van der Waals surface area contributed by atoms with Crippen molar-refractivity contribution in [1.29, 1.82) is 0 Å². The van der Waals surface area contributed by atoms with Crippen molar-refractivity contribution in [3.63, 3.8) is 0 Å². The van der Waals surface area contributed by atoms with Gasteiger partial charge in [-0.1, -0.05) is 30.1 Å². The quantitative estimate of drug-likeness (QED) is 0.730. The summed E-state index contributed by atoms with van der Waals surface area (Å²) < 4.78 is 5.29. The van der Waals surface area contributed by atoms with Crippen LogP contribution in [-0.2, 0) is 14.4 Å². The Balaban J connectivity index is 1.55. The fraction of sp³-hybridized carbons (Fsp3) is 0.550. The summed E-state index contributed by atoms with van der Waals surface area (Å²) in [5, 5.41) is 3.19. The van der Waals surface area contributed by atoms with Gasteiger partial charge in [0.15, 0.2) is 0 Å². The van der Waals surface area contributed by atoms with Crippen molar-refractivity contribution in [1.82, 2.24) is 10.2 Å². The molecule has 0 spiro atoms. The maximum Gasteiger partial charge on any atom is 0.233 e. The van der Waals surface area contributed by atoms with Crippen LogP contribution in [0.4, 0.5) is 0 Å². The van der Waals surface area contributed by atoms with Crippen molar-refractivity contribution in [2.75, 3.05) is 20.2 Å². The molecule has 1 N–H and O–H groups in total. The summed E-state index contributed by atoms with van der Waals surface area (Å²) in [4.78, 5) is 37.7. The fourth-order valence-electron chi connectivity index (χ4n) is 3.93. The summed E-state index contributed by atoms with van der Waals surface area (Å²) in [6.07, 6.45) is 2.45. The van der Waals surface area contributed by atoms with Gasteiger partial charge in [-0.25, -0.2) is 0 Å². The third kappa shape index (κ3) is 4.28. The molecule has 2 aliphatic rings. The van der Waals surface area contributed by atoms with Gasteiger partial charge < -0.3 is 9.64 Å². The first-order valence-corrected chi connectivity index (χ1v) is 10.1. The highest BCUT2D eigenvalue weighted by Gasteiger charge is 2.42. The largest absolute Gasteiger partial charge is 0.495 e. The minimum absolute atomic E-state index is 0.0264. The molecule has 0 bridgehead atoms. The molecule has 1 aromatic rings. The maximum atomic E-state index is 12.6.